The van der Waals surface area contributed by atoms with E-state index in [0.717, 1.165) is 0 Å². The number of hydrogen-bond donors (Lipinski definition) is 0. The molecule has 3 aromatic carbocycles. The Labute approximate surface area is 230 Å². The molecular formula is C28H41N3Si4Sn-2. The molecule has 3 aliphatic heterocycles. The summed E-state index contributed by atoms with van der Waals surface area (Å²) in [5.74, 6) is 0. The van der Waals surface area contributed by atoms with Gasteiger partial charge in [-0.2, -0.15) is 0 Å². The summed E-state index contributed by atoms with van der Waals surface area (Å²) in [5, 5.41) is 0. The van der Waals surface area contributed by atoms with Crippen LogP contribution in [0.5, 0.6) is 0 Å². The van der Waals surface area contributed by atoms with Crippen molar-refractivity contribution in [3.05, 3.63) is 89.5 Å². The van der Waals surface area contributed by atoms with E-state index in [-0.39, 0.29) is 0 Å². The Hall–Kier alpha value is -1.27. The monoisotopic (exact) mass is 651 g/mol. The summed E-state index contributed by atoms with van der Waals surface area (Å²) < 4.78 is 9.35. The van der Waals surface area contributed by atoms with Crippen molar-refractivity contribution in [3.8, 4) is 0 Å². The zero-order valence-corrected chi connectivity index (χ0v) is 30.5. The molecule has 3 fully saturated rings. The fourth-order valence-corrected chi connectivity index (χ4v) is 146. The molecule has 6 rings (SSSR count). The number of anilines is 3. The predicted molar refractivity (Wildman–Crippen MR) is 170 cm³/mol. The second kappa shape index (κ2) is 8.62. The fourth-order valence-electron chi connectivity index (χ4n) is 7.27. The van der Waals surface area contributed by atoms with E-state index in [1.807, 2.05) is 0 Å². The molecule has 3 aromatic rings. The number of fused-ring (bicyclic) bond motifs is 3. The Kier molecular flexibility index (Phi) is 6.31. The molecule has 0 unspecified atom stereocenters. The van der Waals surface area contributed by atoms with E-state index < -0.39 is 50.5 Å². The summed E-state index contributed by atoms with van der Waals surface area (Å²) >= 11 is -2.69. The van der Waals surface area contributed by atoms with Crippen molar-refractivity contribution in [2.24, 2.45) is 0 Å². The SMILES string of the molecule is Cc1c[c-]c([N]2[Sn-]3[N](c4ccc(C)cc4)[Si](C)(C)[Si](C)([Si]2(C)C)[Si](C)(C)[N]3c2ccc(C)cc2)cc1. The van der Waals surface area contributed by atoms with Gasteiger partial charge in [0, 0.05) is 0 Å². The molecule has 190 valence electrons. The van der Waals surface area contributed by atoms with Gasteiger partial charge in [0.15, 0.2) is 0 Å². The Bertz CT molecular complexity index is 1120. The van der Waals surface area contributed by atoms with Gasteiger partial charge in [0.1, 0.15) is 0 Å². The van der Waals surface area contributed by atoms with Crippen LogP contribution in [0, 0.1) is 26.8 Å². The second-order valence-corrected chi connectivity index (χ2v) is 59.4. The van der Waals surface area contributed by atoms with E-state index in [1.54, 1.807) is 0 Å². The van der Waals surface area contributed by atoms with Crippen molar-refractivity contribution in [3.63, 3.8) is 0 Å². The molecule has 0 saturated carbocycles. The van der Waals surface area contributed by atoms with Gasteiger partial charge in [0.2, 0.25) is 0 Å². The standard InChI is InChI=1S/C28H41N3Si4.Sn/c1-23-11-17-26(18-12-23)29-32(4,5)35(10,33(6,7)30-27-19-13-24(2)14-20-27)34(8,9)31-28-21-15-25(3)16-22-28;/h11-21H,1-10H3;/q-4;+2. The van der Waals surface area contributed by atoms with Crippen LogP contribution in [-0.2, 0) is 0 Å². The third kappa shape index (κ3) is 3.45. The van der Waals surface area contributed by atoms with Gasteiger partial charge in [0.05, 0.1) is 0 Å². The predicted octanol–water partition coefficient (Wildman–Crippen LogP) is 7.17. The number of rotatable bonds is 3. The molecule has 8 heteroatoms. The number of benzene rings is 3. The first-order valence-corrected chi connectivity index (χ1v) is 31.3. The van der Waals surface area contributed by atoms with E-state index in [0.29, 0.717) is 0 Å². The van der Waals surface area contributed by atoms with E-state index in [2.05, 4.69) is 148 Å². The van der Waals surface area contributed by atoms with Crippen LogP contribution in [0.2, 0.25) is 45.8 Å². The van der Waals surface area contributed by atoms with Crippen LogP contribution in [0.4, 0.5) is 17.1 Å². The quantitative estimate of drug-likeness (QED) is 0.220. The summed E-state index contributed by atoms with van der Waals surface area (Å²) in [5.41, 5.74) is 8.32. The molecular weight excluding hydrogens is 609 g/mol. The van der Waals surface area contributed by atoms with E-state index >= 15 is 0 Å². The minimum absolute atomic E-state index is 1.30. The zero-order valence-electron chi connectivity index (χ0n) is 23.7. The third-order valence-corrected chi connectivity index (χ3v) is 108. The first-order valence-electron chi connectivity index (χ1n) is 13.1. The van der Waals surface area contributed by atoms with Crippen molar-refractivity contribution >= 4 is 67.5 Å². The summed E-state index contributed by atoms with van der Waals surface area (Å²) in [6.07, 6.45) is 0. The average Bonchev–Trinajstić information content (AvgIpc) is 2.80. The second-order valence-electron chi connectivity index (χ2n) is 12.5. The van der Waals surface area contributed by atoms with Crippen LogP contribution in [-0.4, -0.2) is 50.5 Å². The Morgan fingerprint density at radius 1 is 0.528 bits per heavy atom. The Morgan fingerprint density at radius 3 is 1.31 bits per heavy atom. The Balaban J connectivity index is 1.85. The maximum atomic E-state index is 3.79. The van der Waals surface area contributed by atoms with Crippen LogP contribution >= 0.6 is 0 Å². The molecule has 0 spiro atoms. The molecule has 3 nitrogen and oxygen atoms in total. The number of hydrogen-bond acceptors (Lipinski definition) is 3. The van der Waals surface area contributed by atoms with Crippen LogP contribution in [0.25, 0.3) is 0 Å². The summed E-state index contributed by atoms with van der Waals surface area (Å²) in [7, 11) is -5.23. The first kappa shape index (κ1) is 26.3. The topological polar surface area (TPSA) is 9.72 Å². The van der Waals surface area contributed by atoms with Crippen LogP contribution in [0.15, 0.2) is 66.7 Å². The Morgan fingerprint density at radius 2 is 0.917 bits per heavy atom. The van der Waals surface area contributed by atoms with Gasteiger partial charge in [-0.05, 0) is 0 Å². The van der Waals surface area contributed by atoms with E-state index in [9.17, 15) is 0 Å². The van der Waals surface area contributed by atoms with Gasteiger partial charge in [-0.25, -0.2) is 0 Å². The van der Waals surface area contributed by atoms with Crippen molar-refractivity contribution < 1.29 is 0 Å². The summed E-state index contributed by atoms with van der Waals surface area (Å²) in [6.45, 7) is 24.3. The van der Waals surface area contributed by atoms with Gasteiger partial charge in [0.25, 0.3) is 0 Å². The zero-order chi connectivity index (χ0) is 26.3. The van der Waals surface area contributed by atoms with Crippen LogP contribution in [0.3, 0.4) is 0 Å². The molecule has 2 bridgehead atoms. The first-order chi connectivity index (χ1) is 16.7. The summed E-state index contributed by atoms with van der Waals surface area (Å²) in [6, 6.07) is 29.8. The molecule has 0 amide bonds. The van der Waals surface area contributed by atoms with Crippen molar-refractivity contribution in [2.45, 2.75) is 66.6 Å². The van der Waals surface area contributed by atoms with E-state index in [4.69, 9.17) is 0 Å². The molecule has 0 atom stereocenters. The van der Waals surface area contributed by atoms with Gasteiger partial charge >= 0.3 is 232 Å². The molecule has 3 saturated heterocycles. The van der Waals surface area contributed by atoms with Gasteiger partial charge < -0.3 is 0 Å². The number of nitrogens with zero attached hydrogens (tertiary/aromatic N) is 3. The molecule has 0 N–H and O–H groups in total. The maximum absolute atomic E-state index is 3.79. The number of aryl methyl sites for hydroxylation is 3. The van der Waals surface area contributed by atoms with Gasteiger partial charge in [-0.3, -0.25) is 0 Å². The van der Waals surface area contributed by atoms with E-state index in [1.165, 1.54) is 33.8 Å². The van der Waals surface area contributed by atoms with Crippen LogP contribution in [0.1, 0.15) is 16.7 Å². The summed E-state index contributed by atoms with van der Waals surface area (Å²) in [4.78, 5) is 0. The van der Waals surface area contributed by atoms with Gasteiger partial charge in [-0.1, -0.05) is 0 Å². The van der Waals surface area contributed by atoms with Gasteiger partial charge in [-0.15, -0.1) is 0 Å². The average molecular weight is 651 g/mol. The molecule has 36 heavy (non-hydrogen) atoms. The molecule has 0 aromatic heterocycles. The third-order valence-electron chi connectivity index (χ3n) is 9.72. The molecule has 0 radical (unpaired) electrons. The van der Waals surface area contributed by atoms with Crippen molar-refractivity contribution in [1.29, 1.82) is 0 Å². The van der Waals surface area contributed by atoms with Crippen molar-refractivity contribution in [2.75, 3.05) is 8.36 Å². The fraction of sp³-hybridized carbons (Fsp3) is 0.357. The van der Waals surface area contributed by atoms with Crippen LogP contribution < -0.4 is 8.36 Å². The molecule has 0 aliphatic carbocycles. The normalized spacial score (nSPS) is 21.7. The molecule has 3 aliphatic rings. The van der Waals surface area contributed by atoms with Crippen molar-refractivity contribution in [1.82, 2.24) is 0 Å². The molecule has 3 heterocycles. The minimum atomic E-state index is -2.69.